The van der Waals surface area contributed by atoms with Crippen LogP contribution in [0.25, 0.3) is 0 Å². The topological polar surface area (TPSA) is 80.3 Å². The van der Waals surface area contributed by atoms with Gasteiger partial charge in [-0.1, -0.05) is 18.2 Å². The van der Waals surface area contributed by atoms with Crippen LogP contribution in [-0.4, -0.2) is 23.3 Å². The van der Waals surface area contributed by atoms with Crippen LogP contribution in [0, 0.1) is 19.7 Å². The molecule has 0 spiro atoms. The lowest BCUT2D eigenvalue weighted by Gasteiger charge is -2.10. The molecule has 0 radical (unpaired) electrons. The summed E-state index contributed by atoms with van der Waals surface area (Å²) in [5, 5.41) is 5.20. The fraction of sp³-hybridized carbons (Fsp3) is 0.174. The number of carbonyl (C=O) groups is 2. The standard InChI is InChI=1S/C23H22FN3O3/c1-15-3-4-16(2)20(11-15)30-22-10-5-17(13-26-22)12-25-21(28)14-27-23(29)18-6-8-19(24)9-7-18/h3-11,13H,12,14H2,1-2H3,(H,25,28)(H,27,29). The first-order valence-electron chi connectivity index (χ1n) is 9.41. The molecule has 0 aliphatic rings. The van der Waals surface area contributed by atoms with E-state index in [4.69, 9.17) is 4.74 Å². The molecule has 0 bridgehead atoms. The first kappa shape index (κ1) is 21.0. The Bertz CT molecular complexity index is 1030. The van der Waals surface area contributed by atoms with Crippen LogP contribution >= 0.6 is 0 Å². The molecule has 3 aromatic rings. The van der Waals surface area contributed by atoms with Gasteiger partial charge in [-0.3, -0.25) is 9.59 Å². The van der Waals surface area contributed by atoms with Crippen LogP contribution in [0.1, 0.15) is 27.0 Å². The molecule has 3 rings (SSSR count). The number of pyridine rings is 1. The molecule has 0 atom stereocenters. The van der Waals surface area contributed by atoms with Crippen molar-refractivity contribution in [3.63, 3.8) is 0 Å². The Labute approximate surface area is 174 Å². The van der Waals surface area contributed by atoms with Crippen molar-refractivity contribution in [3.8, 4) is 11.6 Å². The number of rotatable bonds is 7. The van der Waals surface area contributed by atoms with Gasteiger partial charge < -0.3 is 15.4 Å². The summed E-state index contributed by atoms with van der Waals surface area (Å²) in [7, 11) is 0. The SMILES string of the molecule is Cc1ccc(C)c(Oc2ccc(CNC(=O)CNC(=O)c3ccc(F)cc3)cn2)c1. The van der Waals surface area contributed by atoms with Gasteiger partial charge >= 0.3 is 0 Å². The lowest BCUT2D eigenvalue weighted by atomic mass is 10.1. The lowest BCUT2D eigenvalue weighted by molar-refractivity contribution is -0.120. The molecule has 2 aromatic carbocycles. The van der Waals surface area contributed by atoms with E-state index in [0.717, 1.165) is 22.4 Å². The monoisotopic (exact) mass is 407 g/mol. The van der Waals surface area contributed by atoms with Gasteiger partial charge in [0.1, 0.15) is 11.6 Å². The van der Waals surface area contributed by atoms with Crippen LogP contribution in [-0.2, 0) is 11.3 Å². The summed E-state index contributed by atoms with van der Waals surface area (Å²) in [4.78, 5) is 28.2. The highest BCUT2D eigenvalue weighted by molar-refractivity contribution is 5.96. The average Bonchev–Trinajstić information content (AvgIpc) is 2.74. The van der Waals surface area contributed by atoms with E-state index in [0.29, 0.717) is 5.88 Å². The van der Waals surface area contributed by atoms with E-state index in [1.54, 1.807) is 12.3 Å². The molecule has 2 amide bonds. The third-order valence-corrected chi connectivity index (χ3v) is 4.36. The quantitative estimate of drug-likeness (QED) is 0.626. The predicted octanol–water partition coefficient (Wildman–Crippen LogP) is 3.68. The van der Waals surface area contributed by atoms with E-state index in [1.165, 1.54) is 24.3 Å². The van der Waals surface area contributed by atoms with Crippen molar-refractivity contribution in [2.45, 2.75) is 20.4 Å². The van der Waals surface area contributed by atoms with Gasteiger partial charge in [0.05, 0.1) is 6.54 Å². The molecule has 0 saturated carbocycles. The molecule has 2 N–H and O–H groups in total. The number of aromatic nitrogens is 1. The van der Waals surface area contributed by atoms with E-state index >= 15 is 0 Å². The summed E-state index contributed by atoms with van der Waals surface area (Å²) in [5.41, 5.74) is 3.19. The Morgan fingerprint density at radius 2 is 1.77 bits per heavy atom. The van der Waals surface area contributed by atoms with E-state index in [1.807, 2.05) is 38.1 Å². The molecule has 154 valence electrons. The lowest BCUT2D eigenvalue weighted by Crippen LogP contribution is -2.36. The third-order valence-electron chi connectivity index (χ3n) is 4.36. The maximum absolute atomic E-state index is 12.9. The molecule has 1 heterocycles. The number of ether oxygens (including phenoxy) is 1. The van der Waals surface area contributed by atoms with E-state index in [9.17, 15) is 14.0 Å². The van der Waals surface area contributed by atoms with Gasteiger partial charge in [0, 0.05) is 24.4 Å². The normalized spacial score (nSPS) is 10.4. The zero-order chi connectivity index (χ0) is 21.5. The van der Waals surface area contributed by atoms with E-state index in [-0.39, 0.29) is 24.6 Å². The Morgan fingerprint density at radius 3 is 2.47 bits per heavy atom. The average molecular weight is 407 g/mol. The van der Waals surface area contributed by atoms with E-state index in [2.05, 4.69) is 15.6 Å². The van der Waals surface area contributed by atoms with E-state index < -0.39 is 11.7 Å². The van der Waals surface area contributed by atoms with Gasteiger partial charge in [-0.2, -0.15) is 0 Å². The van der Waals surface area contributed by atoms with Crippen molar-refractivity contribution >= 4 is 11.8 Å². The number of carbonyl (C=O) groups excluding carboxylic acids is 2. The number of amides is 2. The van der Waals surface area contributed by atoms with Gasteiger partial charge in [0.25, 0.3) is 5.91 Å². The molecule has 0 unspecified atom stereocenters. The van der Waals surface area contributed by atoms with Crippen molar-refractivity contribution in [1.29, 1.82) is 0 Å². The van der Waals surface area contributed by atoms with Crippen molar-refractivity contribution < 1.29 is 18.7 Å². The zero-order valence-corrected chi connectivity index (χ0v) is 16.7. The fourth-order valence-corrected chi connectivity index (χ4v) is 2.63. The van der Waals surface area contributed by atoms with Gasteiger partial charge in [-0.05, 0) is 60.9 Å². The maximum Gasteiger partial charge on any atom is 0.251 e. The maximum atomic E-state index is 12.9. The second kappa shape index (κ2) is 9.65. The number of nitrogens with zero attached hydrogens (tertiary/aromatic N) is 1. The number of benzene rings is 2. The summed E-state index contributed by atoms with van der Waals surface area (Å²) >= 11 is 0. The zero-order valence-electron chi connectivity index (χ0n) is 16.7. The summed E-state index contributed by atoms with van der Waals surface area (Å²) < 4.78 is 18.7. The van der Waals surface area contributed by atoms with Crippen molar-refractivity contribution in [2.75, 3.05) is 6.54 Å². The van der Waals surface area contributed by atoms with Gasteiger partial charge in [-0.25, -0.2) is 9.37 Å². The van der Waals surface area contributed by atoms with Crippen LogP contribution < -0.4 is 15.4 Å². The molecule has 7 heteroatoms. The summed E-state index contributed by atoms with van der Waals surface area (Å²) in [5.74, 6) is -0.00458. The minimum absolute atomic E-state index is 0.183. The first-order chi connectivity index (χ1) is 14.4. The second-order valence-corrected chi connectivity index (χ2v) is 6.84. The van der Waals surface area contributed by atoms with Crippen molar-refractivity contribution in [3.05, 3.63) is 88.9 Å². The number of nitrogens with one attached hydrogen (secondary N) is 2. The largest absolute Gasteiger partial charge is 0.439 e. The van der Waals surface area contributed by atoms with Crippen LogP contribution in [0.2, 0.25) is 0 Å². The highest BCUT2D eigenvalue weighted by atomic mass is 19.1. The molecular formula is C23H22FN3O3. The first-order valence-corrected chi connectivity index (χ1v) is 9.41. The molecule has 1 aromatic heterocycles. The summed E-state index contributed by atoms with van der Waals surface area (Å²) in [6.07, 6.45) is 1.62. The molecule has 0 fully saturated rings. The Kier molecular flexibility index (Phi) is 6.75. The third kappa shape index (κ3) is 5.88. The molecule has 0 aliphatic heterocycles. The summed E-state index contributed by atoms with van der Waals surface area (Å²) in [6.45, 7) is 4.04. The van der Waals surface area contributed by atoms with Crippen LogP contribution in [0.4, 0.5) is 4.39 Å². The van der Waals surface area contributed by atoms with Crippen molar-refractivity contribution in [2.24, 2.45) is 0 Å². The highest BCUT2D eigenvalue weighted by Gasteiger charge is 2.09. The second-order valence-electron chi connectivity index (χ2n) is 6.84. The fourth-order valence-electron chi connectivity index (χ4n) is 2.63. The highest BCUT2D eigenvalue weighted by Crippen LogP contribution is 2.24. The molecule has 0 saturated heterocycles. The predicted molar refractivity (Wildman–Crippen MR) is 111 cm³/mol. The van der Waals surface area contributed by atoms with Gasteiger partial charge in [0.2, 0.25) is 11.8 Å². The number of halogens is 1. The molecule has 30 heavy (non-hydrogen) atoms. The van der Waals surface area contributed by atoms with Crippen LogP contribution in [0.5, 0.6) is 11.6 Å². The van der Waals surface area contributed by atoms with Crippen LogP contribution in [0.15, 0.2) is 60.8 Å². The minimum Gasteiger partial charge on any atom is -0.439 e. The molecule has 0 aliphatic carbocycles. The molecular weight excluding hydrogens is 385 g/mol. The molecule has 6 nitrogen and oxygen atoms in total. The number of hydrogen-bond acceptors (Lipinski definition) is 4. The Balaban J connectivity index is 1.46. The van der Waals surface area contributed by atoms with Crippen LogP contribution in [0.3, 0.4) is 0 Å². The Hall–Kier alpha value is -3.74. The smallest absolute Gasteiger partial charge is 0.251 e. The number of aryl methyl sites for hydroxylation is 2. The number of hydrogen-bond donors (Lipinski definition) is 2. The van der Waals surface area contributed by atoms with Gasteiger partial charge in [-0.15, -0.1) is 0 Å². The van der Waals surface area contributed by atoms with Gasteiger partial charge in [0.15, 0.2) is 0 Å². The minimum atomic E-state index is -0.445. The van der Waals surface area contributed by atoms with Crippen molar-refractivity contribution in [1.82, 2.24) is 15.6 Å². The Morgan fingerprint density at radius 1 is 1.00 bits per heavy atom. The summed E-state index contributed by atoms with van der Waals surface area (Å²) in [6, 6.07) is 14.6.